The van der Waals surface area contributed by atoms with Crippen molar-refractivity contribution in [1.29, 1.82) is 5.26 Å². The fourth-order valence-electron chi connectivity index (χ4n) is 2.33. The van der Waals surface area contributed by atoms with E-state index in [1.54, 1.807) is 0 Å². The summed E-state index contributed by atoms with van der Waals surface area (Å²) in [6.07, 6.45) is 0. The van der Waals surface area contributed by atoms with Crippen molar-refractivity contribution in [3.8, 4) is 6.07 Å². The normalized spacial score (nSPS) is 23.7. The van der Waals surface area contributed by atoms with Gasteiger partial charge in [0, 0.05) is 19.0 Å². The smallest absolute Gasteiger partial charge is 0.0991 e. The number of rotatable bonds is 1. The topological polar surface area (TPSA) is 35.8 Å². The Morgan fingerprint density at radius 1 is 1.47 bits per heavy atom. The van der Waals surface area contributed by atoms with Crippen LogP contribution in [0.3, 0.4) is 0 Å². The van der Waals surface area contributed by atoms with Gasteiger partial charge in [0.25, 0.3) is 0 Å². The maximum atomic E-state index is 8.87. The molecule has 0 spiro atoms. The van der Waals surface area contributed by atoms with Gasteiger partial charge in [0.1, 0.15) is 0 Å². The number of nitriles is 1. The summed E-state index contributed by atoms with van der Waals surface area (Å²) in [6.45, 7) is 6.61. The second-order valence-electron chi connectivity index (χ2n) is 4.91. The van der Waals surface area contributed by atoms with E-state index in [1.165, 1.54) is 5.56 Å². The zero-order chi connectivity index (χ0) is 10.9. The second kappa shape index (κ2) is 3.67. The van der Waals surface area contributed by atoms with Crippen molar-refractivity contribution in [2.45, 2.75) is 19.8 Å². The van der Waals surface area contributed by atoms with Crippen molar-refractivity contribution >= 4 is 0 Å². The molecule has 1 aliphatic heterocycles. The molecule has 1 fully saturated rings. The summed E-state index contributed by atoms with van der Waals surface area (Å²) in [7, 11) is 0. The van der Waals surface area contributed by atoms with Gasteiger partial charge in [-0.15, -0.1) is 0 Å². The molecule has 1 aromatic carbocycles. The molecule has 1 heterocycles. The van der Waals surface area contributed by atoms with E-state index in [1.807, 2.05) is 18.2 Å². The molecule has 2 heteroatoms. The Morgan fingerprint density at radius 3 is 2.87 bits per heavy atom. The summed E-state index contributed by atoms with van der Waals surface area (Å²) in [5.74, 6) is 0.519. The molecular formula is C13H16N2. The lowest BCUT2D eigenvalue weighted by Crippen LogP contribution is -2.20. The molecule has 1 atom stereocenters. The number of hydrogen-bond donors (Lipinski definition) is 1. The maximum Gasteiger partial charge on any atom is 0.0991 e. The highest BCUT2D eigenvalue weighted by Gasteiger charge is 2.35. The number of hydrogen-bond acceptors (Lipinski definition) is 2. The first-order chi connectivity index (χ1) is 7.13. The average Bonchev–Trinajstić information content (AvgIpc) is 2.58. The van der Waals surface area contributed by atoms with Gasteiger partial charge in [-0.1, -0.05) is 26.0 Å². The molecule has 0 unspecified atom stereocenters. The molecule has 0 saturated carbocycles. The Labute approximate surface area is 90.9 Å². The van der Waals surface area contributed by atoms with Crippen LogP contribution in [0.25, 0.3) is 0 Å². The number of nitrogens with one attached hydrogen (secondary N) is 1. The molecule has 1 aromatic rings. The van der Waals surface area contributed by atoms with Crippen LogP contribution >= 0.6 is 0 Å². The Kier molecular flexibility index (Phi) is 2.50. The minimum absolute atomic E-state index is 0.286. The van der Waals surface area contributed by atoms with Crippen molar-refractivity contribution in [1.82, 2.24) is 5.32 Å². The van der Waals surface area contributed by atoms with Crippen LogP contribution in [0.15, 0.2) is 24.3 Å². The molecule has 1 N–H and O–H groups in total. The van der Waals surface area contributed by atoms with E-state index in [0.29, 0.717) is 5.92 Å². The van der Waals surface area contributed by atoms with Crippen molar-refractivity contribution in [2.75, 3.05) is 13.1 Å². The maximum absolute atomic E-state index is 8.87. The molecule has 0 radical (unpaired) electrons. The van der Waals surface area contributed by atoms with Crippen LogP contribution in [-0.2, 0) is 0 Å². The van der Waals surface area contributed by atoms with Crippen LogP contribution in [0.5, 0.6) is 0 Å². The molecule has 0 aliphatic carbocycles. The molecule has 0 amide bonds. The van der Waals surface area contributed by atoms with E-state index in [-0.39, 0.29) is 5.41 Å². The van der Waals surface area contributed by atoms with Gasteiger partial charge in [-0.05, 0) is 23.1 Å². The third kappa shape index (κ3) is 1.88. The van der Waals surface area contributed by atoms with E-state index in [2.05, 4.69) is 31.3 Å². The van der Waals surface area contributed by atoms with Crippen molar-refractivity contribution in [3.63, 3.8) is 0 Å². The Hall–Kier alpha value is -1.33. The first-order valence-corrected chi connectivity index (χ1v) is 5.34. The Morgan fingerprint density at radius 2 is 2.27 bits per heavy atom. The standard InChI is InChI=1S/C13H16N2/c1-13(2)9-15-8-12(13)11-5-3-4-10(6-11)7-14/h3-6,12,15H,8-9H2,1-2H3/t12-/m0/s1. The average molecular weight is 200 g/mol. The molecule has 2 nitrogen and oxygen atoms in total. The lowest BCUT2D eigenvalue weighted by atomic mass is 9.77. The van der Waals surface area contributed by atoms with E-state index < -0.39 is 0 Å². The number of nitrogens with zero attached hydrogens (tertiary/aromatic N) is 1. The van der Waals surface area contributed by atoms with Crippen molar-refractivity contribution in [2.24, 2.45) is 5.41 Å². The van der Waals surface area contributed by atoms with Gasteiger partial charge >= 0.3 is 0 Å². The summed E-state index contributed by atoms with van der Waals surface area (Å²) < 4.78 is 0. The summed E-state index contributed by atoms with van der Waals surface area (Å²) >= 11 is 0. The Bertz CT molecular complexity index is 401. The molecule has 1 aliphatic rings. The van der Waals surface area contributed by atoms with E-state index in [4.69, 9.17) is 5.26 Å². The van der Waals surface area contributed by atoms with Crippen LogP contribution in [0.4, 0.5) is 0 Å². The second-order valence-corrected chi connectivity index (χ2v) is 4.91. The molecule has 1 saturated heterocycles. The molecule has 15 heavy (non-hydrogen) atoms. The van der Waals surface area contributed by atoms with Gasteiger partial charge in [0.2, 0.25) is 0 Å². The highest BCUT2D eigenvalue weighted by Crippen LogP contribution is 2.38. The summed E-state index contributed by atoms with van der Waals surface area (Å²) in [4.78, 5) is 0. The third-order valence-corrected chi connectivity index (χ3v) is 3.29. The zero-order valence-electron chi connectivity index (χ0n) is 9.25. The van der Waals surface area contributed by atoms with Crippen LogP contribution in [-0.4, -0.2) is 13.1 Å². The van der Waals surface area contributed by atoms with Gasteiger partial charge in [0.15, 0.2) is 0 Å². The molecule has 78 valence electrons. The minimum Gasteiger partial charge on any atom is -0.316 e. The van der Waals surface area contributed by atoms with Crippen LogP contribution in [0, 0.1) is 16.7 Å². The lowest BCUT2D eigenvalue weighted by molar-refractivity contribution is 0.363. The summed E-state index contributed by atoms with van der Waals surface area (Å²) in [6, 6.07) is 10.2. The minimum atomic E-state index is 0.286. The Balaban J connectivity index is 2.34. The van der Waals surface area contributed by atoms with Gasteiger partial charge in [-0.2, -0.15) is 5.26 Å². The van der Waals surface area contributed by atoms with E-state index in [9.17, 15) is 0 Å². The molecule has 2 rings (SSSR count). The zero-order valence-corrected chi connectivity index (χ0v) is 9.25. The first kappa shape index (κ1) is 10.2. The number of benzene rings is 1. The van der Waals surface area contributed by atoms with Gasteiger partial charge in [0.05, 0.1) is 11.6 Å². The van der Waals surface area contributed by atoms with Crippen LogP contribution in [0.1, 0.15) is 30.9 Å². The van der Waals surface area contributed by atoms with E-state index >= 15 is 0 Å². The largest absolute Gasteiger partial charge is 0.316 e. The first-order valence-electron chi connectivity index (χ1n) is 5.34. The highest BCUT2D eigenvalue weighted by molar-refractivity contribution is 5.35. The van der Waals surface area contributed by atoms with Gasteiger partial charge in [-0.3, -0.25) is 0 Å². The van der Waals surface area contributed by atoms with Crippen molar-refractivity contribution < 1.29 is 0 Å². The van der Waals surface area contributed by atoms with Gasteiger partial charge in [-0.25, -0.2) is 0 Å². The molecular weight excluding hydrogens is 184 g/mol. The van der Waals surface area contributed by atoms with E-state index in [0.717, 1.165) is 18.7 Å². The molecule has 0 bridgehead atoms. The third-order valence-electron chi connectivity index (χ3n) is 3.29. The van der Waals surface area contributed by atoms with Crippen LogP contribution < -0.4 is 5.32 Å². The quantitative estimate of drug-likeness (QED) is 0.755. The fourth-order valence-corrected chi connectivity index (χ4v) is 2.33. The highest BCUT2D eigenvalue weighted by atomic mass is 14.9. The molecule has 0 aromatic heterocycles. The SMILES string of the molecule is CC1(C)CNC[C@H]1c1cccc(C#N)c1. The lowest BCUT2D eigenvalue weighted by Gasteiger charge is -2.26. The predicted octanol–water partition coefficient (Wildman–Crippen LogP) is 2.27. The predicted molar refractivity (Wildman–Crippen MR) is 60.5 cm³/mol. The van der Waals surface area contributed by atoms with Crippen LogP contribution in [0.2, 0.25) is 0 Å². The summed E-state index contributed by atoms with van der Waals surface area (Å²) in [5.41, 5.74) is 2.33. The van der Waals surface area contributed by atoms with Gasteiger partial charge < -0.3 is 5.32 Å². The van der Waals surface area contributed by atoms with Crippen molar-refractivity contribution in [3.05, 3.63) is 35.4 Å². The fraction of sp³-hybridized carbons (Fsp3) is 0.462. The monoisotopic (exact) mass is 200 g/mol. The summed E-state index contributed by atoms with van der Waals surface area (Å²) in [5, 5.41) is 12.3.